The zero-order chi connectivity index (χ0) is 23.1. The van der Waals surface area contributed by atoms with Gasteiger partial charge in [-0.2, -0.15) is 10.2 Å². The lowest BCUT2D eigenvalue weighted by Crippen LogP contribution is -2.04. The van der Waals surface area contributed by atoms with Gasteiger partial charge in [0.2, 0.25) is 0 Å². The van der Waals surface area contributed by atoms with Crippen LogP contribution in [-0.4, -0.2) is 0 Å². The van der Waals surface area contributed by atoms with Gasteiger partial charge < -0.3 is 17.4 Å². The van der Waals surface area contributed by atoms with Crippen molar-refractivity contribution in [3.8, 4) is 19.5 Å². The monoisotopic (exact) mass is 515 g/mol. The summed E-state index contributed by atoms with van der Waals surface area (Å²) in [5, 5.41) is 17.5. The number of nitrogens with zero attached hydrogens (tertiary/aromatic N) is 2. The lowest BCUT2D eigenvalue weighted by atomic mass is 10.1. The van der Waals surface area contributed by atoms with E-state index in [-0.39, 0.29) is 0 Å². The normalized spacial score (nSPS) is 13.6. The predicted molar refractivity (Wildman–Crippen MR) is 150 cm³/mol. The van der Waals surface area contributed by atoms with E-state index in [0.717, 1.165) is 52.9 Å². The van der Waals surface area contributed by atoms with Gasteiger partial charge >= 0.3 is 0 Å². The zero-order valence-corrected chi connectivity index (χ0v) is 21.1. The molecule has 0 radical (unpaired) electrons. The maximum absolute atomic E-state index is 5.97. The van der Waals surface area contributed by atoms with Gasteiger partial charge in [-0.25, -0.2) is 0 Å². The summed E-state index contributed by atoms with van der Waals surface area (Å²) < 4.78 is 2.37. The summed E-state index contributed by atoms with van der Waals surface area (Å²) in [4.78, 5) is 6.13. The maximum Gasteiger partial charge on any atom is 0.0993 e. The highest BCUT2D eigenvalue weighted by Crippen LogP contribution is 2.44. The van der Waals surface area contributed by atoms with E-state index in [1.54, 1.807) is 45.3 Å². The highest BCUT2D eigenvalue weighted by atomic mass is 32.1. The van der Waals surface area contributed by atoms with E-state index in [2.05, 4.69) is 59.6 Å². The highest BCUT2D eigenvalue weighted by molar-refractivity contribution is 7.28. The molecule has 0 aliphatic heterocycles. The van der Waals surface area contributed by atoms with Crippen LogP contribution < -0.4 is 28.1 Å². The number of nitrogens with two attached hydrogens (primary N) is 3. The molecule has 0 aliphatic rings. The fourth-order valence-electron chi connectivity index (χ4n) is 4.76. The van der Waals surface area contributed by atoms with E-state index in [9.17, 15) is 0 Å². The Bertz CT molecular complexity index is 1870. The van der Waals surface area contributed by atoms with Crippen LogP contribution in [0.15, 0.2) is 58.7 Å². The van der Waals surface area contributed by atoms with Crippen molar-refractivity contribution < 1.29 is 0 Å². The van der Waals surface area contributed by atoms with Crippen LogP contribution in [0, 0.1) is 6.92 Å². The average molecular weight is 516 g/mol. The minimum atomic E-state index is 0.807. The minimum Gasteiger partial charge on any atom is -0.391 e. The number of thiophene rings is 4. The summed E-state index contributed by atoms with van der Waals surface area (Å²) in [6.45, 7) is 2.13. The first-order valence-corrected chi connectivity index (χ1v) is 13.8. The number of aryl methyl sites for hydroxylation is 1. The third-order valence-corrected chi connectivity index (χ3v) is 10.9. The number of hydrogen-bond acceptors (Lipinski definition) is 9. The van der Waals surface area contributed by atoms with Crippen molar-refractivity contribution in [1.29, 1.82) is 0 Å². The Morgan fingerprint density at radius 2 is 1.09 bits per heavy atom. The molecule has 7 rings (SSSR count). The molecule has 0 amide bonds. The summed E-state index contributed by atoms with van der Waals surface area (Å²) in [6, 6.07) is 17.2. The van der Waals surface area contributed by atoms with Crippen molar-refractivity contribution in [2.24, 2.45) is 21.9 Å². The number of fused-ring (bicyclic) bond motifs is 6. The maximum atomic E-state index is 5.97. The lowest BCUT2D eigenvalue weighted by Gasteiger charge is -1.96. The van der Waals surface area contributed by atoms with E-state index >= 15 is 0 Å². The number of nitrogen functional groups attached to an aromatic ring is 1. The third-order valence-electron chi connectivity index (χ3n) is 6.24. The fourth-order valence-corrected chi connectivity index (χ4v) is 8.95. The first-order valence-electron chi connectivity index (χ1n) is 10.5. The SMILES string of the molecule is Cc1ccc(-c2cc3/c(=N\N)c4cc5c(cc4c3s2)/c(=N/N)c2cc(-c3ccc(N)s3)sc25)s1. The van der Waals surface area contributed by atoms with Crippen molar-refractivity contribution in [2.45, 2.75) is 6.92 Å². The summed E-state index contributed by atoms with van der Waals surface area (Å²) in [5.41, 5.74) is 5.97. The van der Waals surface area contributed by atoms with Gasteiger partial charge in [0, 0.05) is 66.1 Å². The van der Waals surface area contributed by atoms with Crippen LogP contribution >= 0.6 is 45.3 Å². The third kappa shape index (κ3) is 2.69. The van der Waals surface area contributed by atoms with Crippen LogP contribution in [0.25, 0.3) is 61.2 Å². The molecule has 0 atom stereocenters. The molecular formula is C25H17N5S4. The summed E-state index contributed by atoms with van der Waals surface area (Å²) >= 11 is 6.92. The van der Waals surface area contributed by atoms with Gasteiger partial charge in [0.05, 0.1) is 15.7 Å². The Hall–Kier alpha value is -3.24. The first-order chi connectivity index (χ1) is 16.6. The number of anilines is 1. The Kier molecular flexibility index (Phi) is 4.23. The predicted octanol–water partition coefficient (Wildman–Crippen LogP) is 6.19. The summed E-state index contributed by atoms with van der Waals surface area (Å²) in [6.07, 6.45) is 0. The molecule has 4 aromatic heterocycles. The van der Waals surface area contributed by atoms with E-state index in [1.807, 2.05) is 6.07 Å². The summed E-state index contributed by atoms with van der Waals surface area (Å²) in [5.74, 6) is 11.9. The Balaban J connectivity index is 1.55. The van der Waals surface area contributed by atoms with Gasteiger partial charge in [0.15, 0.2) is 0 Å². The Labute approximate surface area is 209 Å². The summed E-state index contributed by atoms with van der Waals surface area (Å²) in [7, 11) is 0. The Morgan fingerprint density at radius 1 is 0.559 bits per heavy atom. The van der Waals surface area contributed by atoms with E-state index < -0.39 is 0 Å². The molecule has 6 N–H and O–H groups in total. The van der Waals surface area contributed by atoms with Crippen LogP contribution in [0.2, 0.25) is 0 Å². The van der Waals surface area contributed by atoms with Crippen LogP contribution in [0.3, 0.4) is 0 Å². The smallest absolute Gasteiger partial charge is 0.0993 e. The average Bonchev–Trinajstić information content (AvgIpc) is 3.63. The molecular weight excluding hydrogens is 499 g/mol. The van der Waals surface area contributed by atoms with E-state index in [0.29, 0.717) is 0 Å². The quantitative estimate of drug-likeness (QED) is 0.189. The molecule has 0 unspecified atom stereocenters. The highest BCUT2D eigenvalue weighted by Gasteiger charge is 2.20. The molecule has 4 heterocycles. The minimum absolute atomic E-state index is 0.807. The first kappa shape index (κ1) is 20.2. The number of hydrogen-bond donors (Lipinski definition) is 3. The lowest BCUT2D eigenvalue weighted by molar-refractivity contribution is 1.17. The van der Waals surface area contributed by atoms with Gasteiger partial charge in [-0.05, 0) is 55.5 Å². The number of rotatable bonds is 2. The van der Waals surface area contributed by atoms with Crippen LogP contribution in [0.4, 0.5) is 5.00 Å². The molecule has 7 aromatic rings. The largest absolute Gasteiger partial charge is 0.391 e. The van der Waals surface area contributed by atoms with Crippen molar-refractivity contribution in [1.82, 2.24) is 0 Å². The Morgan fingerprint density at radius 3 is 1.53 bits per heavy atom. The molecule has 166 valence electrons. The van der Waals surface area contributed by atoms with E-state index in [4.69, 9.17) is 17.4 Å². The molecule has 0 saturated carbocycles. The molecule has 0 bridgehead atoms. The molecule has 9 heteroatoms. The molecule has 3 aromatic carbocycles. The van der Waals surface area contributed by atoms with Gasteiger partial charge in [-0.15, -0.1) is 45.3 Å². The van der Waals surface area contributed by atoms with Crippen molar-refractivity contribution in [3.05, 3.63) is 64.1 Å². The van der Waals surface area contributed by atoms with Crippen molar-refractivity contribution >= 4 is 92.1 Å². The molecule has 0 aliphatic carbocycles. The van der Waals surface area contributed by atoms with E-state index in [1.165, 1.54) is 28.9 Å². The molecule has 34 heavy (non-hydrogen) atoms. The van der Waals surface area contributed by atoms with Crippen LogP contribution in [0.5, 0.6) is 0 Å². The van der Waals surface area contributed by atoms with Gasteiger partial charge in [-0.3, -0.25) is 0 Å². The second-order valence-corrected chi connectivity index (χ2v) is 12.7. The van der Waals surface area contributed by atoms with Crippen LogP contribution in [0.1, 0.15) is 4.88 Å². The second kappa shape index (κ2) is 7.13. The van der Waals surface area contributed by atoms with Gasteiger partial charge in [0.25, 0.3) is 0 Å². The molecule has 0 fully saturated rings. The van der Waals surface area contributed by atoms with Crippen molar-refractivity contribution in [2.75, 3.05) is 5.73 Å². The molecule has 5 nitrogen and oxygen atoms in total. The number of benzene rings is 1. The standard InChI is InChI=1S/C25H17N5S4/c1-10-2-3-17(31-10)19-8-15-22(29-27)11-7-14-12(6-13(11)24(15)33-19)23(30-28)16-9-20(34-25(14)16)18-4-5-21(26)32-18/h2-9H,26-28H2,1H3/b29-22-,30-23-. The fraction of sp³-hybridized carbons (Fsp3) is 0.0400. The van der Waals surface area contributed by atoms with Crippen molar-refractivity contribution in [3.63, 3.8) is 0 Å². The second-order valence-electron chi connectivity index (χ2n) is 8.22. The van der Waals surface area contributed by atoms with Gasteiger partial charge in [-0.1, -0.05) is 0 Å². The zero-order valence-electron chi connectivity index (χ0n) is 17.9. The molecule has 0 spiro atoms. The van der Waals surface area contributed by atoms with Gasteiger partial charge in [0.1, 0.15) is 0 Å². The molecule has 0 saturated heterocycles. The van der Waals surface area contributed by atoms with Crippen LogP contribution in [-0.2, 0) is 0 Å². The topological polar surface area (TPSA) is 103 Å².